The van der Waals surface area contributed by atoms with Crippen molar-refractivity contribution in [2.45, 2.75) is 6.42 Å². The lowest BCUT2D eigenvalue weighted by molar-refractivity contribution is -0.136. The molecule has 0 bridgehead atoms. The number of rotatable bonds is 4. The Morgan fingerprint density at radius 3 is 2.38 bits per heavy atom. The van der Waals surface area contributed by atoms with Gasteiger partial charge >= 0.3 is 5.97 Å². The van der Waals surface area contributed by atoms with Crippen LogP contribution < -0.4 is 5.32 Å². The summed E-state index contributed by atoms with van der Waals surface area (Å²) in [6, 6.07) is 10.5. The van der Waals surface area contributed by atoms with Crippen LogP contribution in [0.3, 0.4) is 0 Å². The van der Waals surface area contributed by atoms with Crippen molar-refractivity contribution in [1.82, 2.24) is 0 Å². The van der Waals surface area contributed by atoms with E-state index in [2.05, 4.69) is 5.32 Å². The van der Waals surface area contributed by atoms with E-state index in [0.717, 1.165) is 0 Å². The molecule has 2 rings (SSSR count). The van der Waals surface area contributed by atoms with Gasteiger partial charge in [-0.1, -0.05) is 17.7 Å². The lowest BCUT2D eigenvalue weighted by Gasteiger charge is -2.09. The van der Waals surface area contributed by atoms with E-state index in [9.17, 15) is 14.7 Å². The van der Waals surface area contributed by atoms with Gasteiger partial charge in [0.15, 0.2) is 0 Å². The third kappa shape index (κ3) is 3.97. The Kier molecular flexibility index (Phi) is 4.45. The van der Waals surface area contributed by atoms with E-state index in [-0.39, 0.29) is 17.9 Å². The summed E-state index contributed by atoms with van der Waals surface area (Å²) in [5, 5.41) is 21.5. The summed E-state index contributed by atoms with van der Waals surface area (Å²) >= 11 is 5.74. The molecule has 0 aliphatic heterocycles. The maximum atomic E-state index is 12.0. The molecule has 0 saturated carbocycles. The average molecular weight is 306 g/mol. The van der Waals surface area contributed by atoms with Gasteiger partial charge in [0, 0.05) is 10.6 Å². The van der Waals surface area contributed by atoms with E-state index in [0.29, 0.717) is 16.1 Å². The second-order valence-corrected chi connectivity index (χ2v) is 4.82. The molecule has 6 heteroatoms. The number of aromatic hydroxyl groups is 1. The van der Waals surface area contributed by atoms with E-state index in [1.165, 1.54) is 18.2 Å². The highest BCUT2D eigenvalue weighted by molar-refractivity contribution is 6.30. The van der Waals surface area contributed by atoms with Crippen LogP contribution in [-0.4, -0.2) is 22.1 Å². The first-order valence-electron chi connectivity index (χ1n) is 6.06. The predicted octanol–water partition coefficient (Wildman–Crippen LogP) is 2.93. The third-order valence-electron chi connectivity index (χ3n) is 2.77. The topological polar surface area (TPSA) is 86.6 Å². The summed E-state index contributed by atoms with van der Waals surface area (Å²) in [5.74, 6) is -1.54. The van der Waals surface area contributed by atoms with Crippen molar-refractivity contribution < 1.29 is 19.8 Å². The second-order valence-electron chi connectivity index (χ2n) is 4.38. The Labute approximate surface area is 125 Å². The summed E-state index contributed by atoms with van der Waals surface area (Å²) in [4.78, 5) is 22.7. The fourth-order valence-corrected chi connectivity index (χ4v) is 1.89. The lowest BCUT2D eigenvalue weighted by Crippen LogP contribution is -2.12. The number of phenolic OH excluding ortho intramolecular Hbond substituents is 1. The number of hydrogen-bond donors (Lipinski definition) is 3. The first-order chi connectivity index (χ1) is 9.95. The van der Waals surface area contributed by atoms with E-state index in [1.807, 2.05) is 0 Å². The van der Waals surface area contributed by atoms with E-state index in [4.69, 9.17) is 16.7 Å². The van der Waals surface area contributed by atoms with Crippen LogP contribution in [0, 0.1) is 0 Å². The molecule has 0 aliphatic rings. The Morgan fingerprint density at radius 1 is 1.10 bits per heavy atom. The quantitative estimate of drug-likeness (QED) is 0.758. The number of hydrogen-bond acceptors (Lipinski definition) is 3. The summed E-state index contributed by atoms with van der Waals surface area (Å²) in [6.07, 6.45) is -0.190. The summed E-state index contributed by atoms with van der Waals surface area (Å²) in [5.41, 5.74) is 1.02. The number of halogens is 1. The molecule has 0 radical (unpaired) electrons. The number of carboxylic acid groups (broad SMARTS) is 1. The summed E-state index contributed by atoms with van der Waals surface area (Å²) < 4.78 is 0. The van der Waals surface area contributed by atoms with Crippen molar-refractivity contribution in [2.24, 2.45) is 0 Å². The molecule has 0 spiro atoms. The fraction of sp³-hybridized carbons (Fsp3) is 0.0667. The number of carbonyl (C=O) groups excluding carboxylic acids is 1. The highest BCUT2D eigenvalue weighted by Gasteiger charge is 2.10. The molecule has 0 heterocycles. The molecule has 0 saturated heterocycles. The van der Waals surface area contributed by atoms with Crippen molar-refractivity contribution in [2.75, 3.05) is 5.32 Å². The van der Waals surface area contributed by atoms with E-state index in [1.54, 1.807) is 24.3 Å². The van der Waals surface area contributed by atoms with Crippen LogP contribution in [-0.2, 0) is 11.2 Å². The zero-order chi connectivity index (χ0) is 15.4. The van der Waals surface area contributed by atoms with E-state index < -0.39 is 11.9 Å². The van der Waals surface area contributed by atoms with Crippen LogP contribution >= 0.6 is 11.6 Å². The lowest BCUT2D eigenvalue weighted by atomic mass is 10.1. The van der Waals surface area contributed by atoms with Gasteiger partial charge in [-0.3, -0.25) is 9.59 Å². The molecule has 0 unspecified atom stereocenters. The molecule has 3 N–H and O–H groups in total. The normalized spacial score (nSPS) is 10.1. The average Bonchev–Trinajstić information content (AvgIpc) is 2.42. The molecule has 2 aromatic carbocycles. The van der Waals surface area contributed by atoms with Gasteiger partial charge in [0.1, 0.15) is 5.75 Å². The molecule has 21 heavy (non-hydrogen) atoms. The minimum atomic E-state index is -0.990. The van der Waals surface area contributed by atoms with Gasteiger partial charge in [-0.25, -0.2) is 0 Å². The highest BCUT2D eigenvalue weighted by Crippen LogP contribution is 2.25. The van der Waals surface area contributed by atoms with Gasteiger partial charge in [0.2, 0.25) is 0 Å². The molecule has 1 amide bonds. The standard InChI is InChI=1S/C15H12ClNO4/c16-11-4-2-10(3-5-11)15(21)17-12-7-9(8-14(19)20)1-6-13(12)18/h1-7,18H,8H2,(H,17,21)(H,19,20). The molecule has 0 aromatic heterocycles. The molecular formula is C15H12ClNO4. The van der Waals surface area contributed by atoms with Crippen LogP contribution in [0.2, 0.25) is 5.02 Å². The van der Waals surface area contributed by atoms with Gasteiger partial charge < -0.3 is 15.5 Å². The number of carbonyl (C=O) groups is 2. The van der Waals surface area contributed by atoms with Gasteiger partial charge in [0.25, 0.3) is 5.91 Å². The number of carboxylic acids is 1. The first kappa shape index (κ1) is 14.9. The Balaban J connectivity index is 2.20. The van der Waals surface area contributed by atoms with Gasteiger partial charge in [0.05, 0.1) is 12.1 Å². The predicted molar refractivity (Wildman–Crippen MR) is 78.9 cm³/mol. The van der Waals surface area contributed by atoms with Crippen LogP contribution in [0.5, 0.6) is 5.75 Å². The van der Waals surface area contributed by atoms with Crippen molar-refractivity contribution in [3.05, 3.63) is 58.6 Å². The van der Waals surface area contributed by atoms with Crippen LogP contribution in [0.15, 0.2) is 42.5 Å². The Morgan fingerprint density at radius 2 is 1.76 bits per heavy atom. The Hall–Kier alpha value is -2.53. The molecule has 2 aromatic rings. The maximum Gasteiger partial charge on any atom is 0.307 e. The number of phenols is 1. The van der Waals surface area contributed by atoms with Gasteiger partial charge in [-0.15, -0.1) is 0 Å². The third-order valence-corrected chi connectivity index (χ3v) is 3.02. The minimum Gasteiger partial charge on any atom is -0.506 e. The Bertz CT molecular complexity index is 683. The van der Waals surface area contributed by atoms with E-state index >= 15 is 0 Å². The zero-order valence-electron chi connectivity index (χ0n) is 10.8. The van der Waals surface area contributed by atoms with Crippen LogP contribution in [0.1, 0.15) is 15.9 Å². The number of nitrogens with one attached hydrogen (secondary N) is 1. The maximum absolute atomic E-state index is 12.0. The molecular weight excluding hydrogens is 294 g/mol. The number of aliphatic carboxylic acids is 1. The number of anilines is 1. The van der Waals surface area contributed by atoms with Crippen molar-refractivity contribution in [1.29, 1.82) is 0 Å². The number of amides is 1. The van der Waals surface area contributed by atoms with Crippen molar-refractivity contribution in [3.63, 3.8) is 0 Å². The SMILES string of the molecule is O=C(O)Cc1ccc(O)c(NC(=O)c2ccc(Cl)cc2)c1. The molecule has 0 atom stereocenters. The van der Waals surface area contributed by atoms with Crippen LogP contribution in [0.4, 0.5) is 5.69 Å². The molecule has 0 fully saturated rings. The van der Waals surface area contributed by atoms with Crippen molar-refractivity contribution in [3.8, 4) is 5.75 Å². The smallest absolute Gasteiger partial charge is 0.307 e. The number of benzene rings is 2. The molecule has 5 nitrogen and oxygen atoms in total. The van der Waals surface area contributed by atoms with Crippen LogP contribution in [0.25, 0.3) is 0 Å². The molecule has 0 aliphatic carbocycles. The fourth-order valence-electron chi connectivity index (χ4n) is 1.76. The zero-order valence-corrected chi connectivity index (χ0v) is 11.6. The summed E-state index contributed by atoms with van der Waals surface area (Å²) in [6.45, 7) is 0. The van der Waals surface area contributed by atoms with Gasteiger partial charge in [-0.05, 0) is 42.0 Å². The van der Waals surface area contributed by atoms with Crippen molar-refractivity contribution >= 4 is 29.2 Å². The highest BCUT2D eigenvalue weighted by atomic mass is 35.5. The summed E-state index contributed by atoms with van der Waals surface area (Å²) in [7, 11) is 0. The largest absolute Gasteiger partial charge is 0.506 e. The van der Waals surface area contributed by atoms with Gasteiger partial charge in [-0.2, -0.15) is 0 Å². The minimum absolute atomic E-state index is 0.133. The first-order valence-corrected chi connectivity index (χ1v) is 6.44. The monoisotopic (exact) mass is 305 g/mol. The molecule has 108 valence electrons. The second kappa shape index (κ2) is 6.28.